The molecule has 0 unspecified atom stereocenters. The quantitative estimate of drug-likeness (QED) is 0.500. The number of ether oxygens (including phenoxy) is 1. The molecule has 0 saturated carbocycles. The van der Waals surface area contributed by atoms with Gasteiger partial charge >= 0.3 is 0 Å². The van der Waals surface area contributed by atoms with Crippen molar-refractivity contribution in [3.63, 3.8) is 0 Å². The first-order chi connectivity index (χ1) is 13.7. The number of methoxy groups -OCH3 is 1. The zero-order valence-electron chi connectivity index (χ0n) is 15.4. The van der Waals surface area contributed by atoms with Crippen molar-refractivity contribution in [2.45, 2.75) is 19.1 Å². The lowest BCUT2D eigenvalue weighted by Gasteiger charge is -2.16. The number of hydrogen-bond acceptors (Lipinski definition) is 5. The van der Waals surface area contributed by atoms with Gasteiger partial charge < -0.3 is 15.0 Å². The summed E-state index contributed by atoms with van der Waals surface area (Å²) in [6.45, 7) is 0.398. The fourth-order valence-corrected chi connectivity index (χ4v) is 3.78. The Labute approximate surface area is 166 Å². The SMILES string of the molecule is COCc1nc(C(=O)N[C@@H](Cc2ccccc2)c2nc3ccccc3[nH]2)cs1. The van der Waals surface area contributed by atoms with Gasteiger partial charge in [-0.1, -0.05) is 42.5 Å². The van der Waals surface area contributed by atoms with Crippen LogP contribution in [0.15, 0.2) is 60.0 Å². The maximum absolute atomic E-state index is 12.8. The van der Waals surface area contributed by atoms with Gasteiger partial charge in [0.2, 0.25) is 0 Å². The number of hydrogen-bond donors (Lipinski definition) is 2. The number of nitrogens with one attached hydrogen (secondary N) is 2. The number of amides is 1. The van der Waals surface area contributed by atoms with E-state index in [0.29, 0.717) is 18.7 Å². The minimum atomic E-state index is -0.296. The van der Waals surface area contributed by atoms with E-state index in [4.69, 9.17) is 4.74 Å². The largest absolute Gasteiger partial charge is 0.378 e. The minimum Gasteiger partial charge on any atom is -0.378 e. The summed E-state index contributed by atoms with van der Waals surface area (Å²) in [5, 5.41) is 5.61. The van der Waals surface area contributed by atoms with Crippen LogP contribution in [0.3, 0.4) is 0 Å². The van der Waals surface area contributed by atoms with Crippen molar-refractivity contribution in [2.24, 2.45) is 0 Å². The molecule has 2 aromatic heterocycles. The van der Waals surface area contributed by atoms with E-state index < -0.39 is 0 Å². The van der Waals surface area contributed by atoms with Gasteiger partial charge in [-0.2, -0.15) is 0 Å². The molecule has 7 heteroatoms. The molecular formula is C21H20N4O2S. The van der Waals surface area contributed by atoms with Gasteiger partial charge in [0, 0.05) is 12.5 Å². The molecule has 2 aromatic carbocycles. The summed E-state index contributed by atoms with van der Waals surface area (Å²) < 4.78 is 5.09. The van der Waals surface area contributed by atoms with Gasteiger partial charge in [0.1, 0.15) is 16.5 Å². The number of aromatic amines is 1. The standard InChI is InChI=1S/C21H20N4O2S/c1-27-12-19-22-18(13-28-19)21(26)25-17(11-14-7-3-2-4-8-14)20-23-15-9-5-6-10-16(15)24-20/h2-10,13,17H,11-12H2,1H3,(H,23,24)(H,25,26)/t17-/m0/s1. The number of carbonyl (C=O) groups excluding carboxylic acids is 1. The van der Waals surface area contributed by atoms with E-state index in [1.54, 1.807) is 12.5 Å². The van der Waals surface area contributed by atoms with Crippen LogP contribution in [-0.2, 0) is 17.8 Å². The van der Waals surface area contributed by atoms with Gasteiger partial charge in [-0.25, -0.2) is 9.97 Å². The Morgan fingerprint density at radius 1 is 1.14 bits per heavy atom. The Balaban J connectivity index is 1.61. The number of benzene rings is 2. The molecule has 2 N–H and O–H groups in total. The third-order valence-corrected chi connectivity index (χ3v) is 5.20. The Morgan fingerprint density at radius 3 is 2.71 bits per heavy atom. The molecule has 0 spiro atoms. The molecule has 142 valence electrons. The van der Waals surface area contributed by atoms with Crippen molar-refractivity contribution in [3.8, 4) is 0 Å². The summed E-state index contributed by atoms with van der Waals surface area (Å²) in [5.74, 6) is 0.505. The van der Waals surface area contributed by atoms with Gasteiger partial charge in [0.25, 0.3) is 5.91 Å². The van der Waals surface area contributed by atoms with Gasteiger partial charge in [-0.05, 0) is 24.1 Å². The van der Waals surface area contributed by atoms with Crippen LogP contribution in [0.4, 0.5) is 0 Å². The lowest BCUT2D eigenvalue weighted by Crippen LogP contribution is -2.31. The third-order valence-electron chi connectivity index (χ3n) is 4.38. The van der Waals surface area contributed by atoms with E-state index in [0.717, 1.165) is 27.4 Å². The van der Waals surface area contributed by atoms with Crippen molar-refractivity contribution < 1.29 is 9.53 Å². The first-order valence-electron chi connectivity index (χ1n) is 8.95. The van der Waals surface area contributed by atoms with Crippen LogP contribution in [0.25, 0.3) is 11.0 Å². The minimum absolute atomic E-state index is 0.222. The Hall–Kier alpha value is -3.03. The topological polar surface area (TPSA) is 79.9 Å². The maximum Gasteiger partial charge on any atom is 0.271 e. The highest BCUT2D eigenvalue weighted by atomic mass is 32.1. The molecule has 0 aliphatic carbocycles. The van der Waals surface area contributed by atoms with Gasteiger partial charge in [0.05, 0.1) is 23.7 Å². The predicted octanol–water partition coefficient (Wildman–Crippen LogP) is 3.88. The van der Waals surface area contributed by atoms with E-state index in [9.17, 15) is 4.79 Å². The molecule has 6 nitrogen and oxygen atoms in total. The third kappa shape index (κ3) is 4.11. The van der Waals surface area contributed by atoms with Gasteiger partial charge in [-0.15, -0.1) is 11.3 Å². The van der Waals surface area contributed by atoms with Crippen molar-refractivity contribution >= 4 is 28.3 Å². The molecule has 0 saturated heterocycles. The average Bonchev–Trinajstić information content (AvgIpc) is 3.35. The summed E-state index contributed by atoms with van der Waals surface area (Å²) in [6, 6.07) is 17.6. The first kappa shape index (κ1) is 18.3. The highest BCUT2D eigenvalue weighted by molar-refractivity contribution is 7.09. The Bertz CT molecular complexity index is 1040. The summed E-state index contributed by atoms with van der Waals surface area (Å²) in [6.07, 6.45) is 0.626. The monoisotopic (exact) mass is 392 g/mol. The highest BCUT2D eigenvalue weighted by Crippen LogP contribution is 2.21. The number of aromatic nitrogens is 3. The number of fused-ring (bicyclic) bond motifs is 1. The molecule has 1 atom stereocenters. The fraction of sp³-hybridized carbons (Fsp3) is 0.190. The van der Waals surface area contributed by atoms with Crippen LogP contribution in [0, 0.1) is 0 Å². The number of para-hydroxylation sites is 2. The molecule has 2 heterocycles. The first-order valence-corrected chi connectivity index (χ1v) is 9.83. The van der Waals surface area contributed by atoms with Crippen molar-refractivity contribution in [2.75, 3.05) is 7.11 Å². The van der Waals surface area contributed by atoms with Crippen molar-refractivity contribution in [3.05, 3.63) is 82.1 Å². The van der Waals surface area contributed by atoms with Crippen LogP contribution in [0.2, 0.25) is 0 Å². The van der Waals surface area contributed by atoms with Crippen LogP contribution in [-0.4, -0.2) is 28.0 Å². The van der Waals surface area contributed by atoms with E-state index >= 15 is 0 Å². The summed E-state index contributed by atoms with van der Waals surface area (Å²) >= 11 is 1.41. The number of imidazole rings is 1. The molecule has 1 amide bonds. The molecule has 0 radical (unpaired) electrons. The zero-order chi connectivity index (χ0) is 19.3. The maximum atomic E-state index is 12.8. The van der Waals surface area contributed by atoms with E-state index in [1.165, 1.54) is 11.3 Å². The second-order valence-corrected chi connectivity index (χ2v) is 7.36. The Kier molecular flexibility index (Phi) is 5.45. The number of thiazole rings is 1. The average molecular weight is 392 g/mol. The second-order valence-electron chi connectivity index (χ2n) is 6.41. The molecule has 0 bridgehead atoms. The molecule has 0 aliphatic heterocycles. The molecule has 4 aromatic rings. The van der Waals surface area contributed by atoms with Crippen LogP contribution in [0.1, 0.15) is 32.9 Å². The van der Waals surface area contributed by atoms with Crippen molar-refractivity contribution in [1.82, 2.24) is 20.3 Å². The number of rotatable bonds is 7. The lowest BCUT2D eigenvalue weighted by molar-refractivity contribution is 0.0930. The summed E-state index contributed by atoms with van der Waals surface area (Å²) in [4.78, 5) is 25.2. The van der Waals surface area contributed by atoms with Crippen molar-refractivity contribution in [1.29, 1.82) is 0 Å². The highest BCUT2D eigenvalue weighted by Gasteiger charge is 2.21. The smallest absolute Gasteiger partial charge is 0.271 e. The van der Waals surface area contributed by atoms with E-state index in [2.05, 4.69) is 20.3 Å². The molecule has 4 rings (SSSR count). The molecule has 0 aliphatic rings. The number of H-pyrrole nitrogens is 1. The van der Waals surface area contributed by atoms with Crippen LogP contribution >= 0.6 is 11.3 Å². The molecular weight excluding hydrogens is 372 g/mol. The molecule has 28 heavy (non-hydrogen) atoms. The molecule has 0 fully saturated rings. The predicted molar refractivity (Wildman–Crippen MR) is 109 cm³/mol. The van der Waals surface area contributed by atoms with Gasteiger partial charge in [-0.3, -0.25) is 4.79 Å². The van der Waals surface area contributed by atoms with E-state index in [-0.39, 0.29) is 11.9 Å². The fourth-order valence-electron chi connectivity index (χ4n) is 3.04. The normalized spacial score (nSPS) is 12.2. The van der Waals surface area contributed by atoms with Crippen LogP contribution < -0.4 is 5.32 Å². The summed E-state index contributed by atoms with van der Waals surface area (Å²) in [7, 11) is 1.61. The second kappa shape index (κ2) is 8.33. The van der Waals surface area contributed by atoms with Gasteiger partial charge in [0.15, 0.2) is 0 Å². The zero-order valence-corrected chi connectivity index (χ0v) is 16.2. The lowest BCUT2D eigenvalue weighted by atomic mass is 10.1. The summed E-state index contributed by atoms with van der Waals surface area (Å²) in [5.41, 5.74) is 3.33. The van der Waals surface area contributed by atoms with E-state index in [1.807, 2.05) is 54.6 Å². The number of nitrogens with zero attached hydrogens (tertiary/aromatic N) is 2. The van der Waals surface area contributed by atoms with Crippen LogP contribution in [0.5, 0.6) is 0 Å². The number of carbonyl (C=O) groups is 1. The Morgan fingerprint density at radius 2 is 1.93 bits per heavy atom.